The number of Topliss-reactive ketones (excluding diaryl/α,β-unsaturated/α-hetero) is 2. The monoisotopic (exact) mass is 768 g/mol. The smallest absolute Gasteiger partial charge is 0.186 e. The molecule has 0 saturated heterocycles. The highest BCUT2D eigenvalue weighted by Gasteiger charge is 2.37. The first kappa shape index (κ1) is 42.4. The minimum atomic E-state index is -0.463. The van der Waals surface area contributed by atoms with Gasteiger partial charge in [0.1, 0.15) is 34.3 Å². The van der Waals surface area contributed by atoms with Crippen molar-refractivity contribution in [3.63, 3.8) is 0 Å². The molecule has 0 saturated carbocycles. The first-order valence-corrected chi connectivity index (χ1v) is 19.2. The second kappa shape index (κ2) is 16.0. The van der Waals surface area contributed by atoms with E-state index in [0.717, 1.165) is 0 Å². The van der Waals surface area contributed by atoms with Gasteiger partial charge in [-0.25, -0.2) is 0 Å². The van der Waals surface area contributed by atoms with Gasteiger partial charge in [0.05, 0.1) is 14.2 Å². The lowest BCUT2D eigenvalue weighted by Gasteiger charge is -2.31. The summed E-state index contributed by atoms with van der Waals surface area (Å²) in [5, 5.41) is 19.0. The number of furan rings is 1. The van der Waals surface area contributed by atoms with Crippen molar-refractivity contribution in [3.8, 4) is 11.5 Å². The third-order valence-electron chi connectivity index (χ3n) is 9.72. The van der Waals surface area contributed by atoms with Gasteiger partial charge in [-0.2, -0.15) is 0 Å². The van der Waals surface area contributed by atoms with E-state index in [1.54, 1.807) is 14.2 Å². The highest BCUT2D eigenvalue weighted by Crippen LogP contribution is 2.44. The molecular formula is C48H56N4O5. The van der Waals surface area contributed by atoms with Gasteiger partial charge in [-0.05, 0) is 82.4 Å². The van der Waals surface area contributed by atoms with Gasteiger partial charge in [0.25, 0.3) is 0 Å². The van der Waals surface area contributed by atoms with Crippen LogP contribution in [-0.4, -0.2) is 25.8 Å². The maximum absolute atomic E-state index is 14.0. The molecule has 0 fully saturated rings. The summed E-state index contributed by atoms with van der Waals surface area (Å²) < 4.78 is 17.9. The number of azo groups is 2. The van der Waals surface area contributed by atoms with Crippen LogP contribution < -0.4 is 9.47 Å². The lowest BCUT2D eigenvalue weighted by molar-refractivity contribution is -0.114. The van der Waals surface area contributed by atoms with E-state index in [0.29, 0.717) is 79.2 Å². The Hall–Kier alpha value is -5.70. The van der Waals surface area contributed by atoms with E-state index < -0.39 is 21.7 Å². The van der Waals surface area contributed by atoms with Crippen LogP contribution in [0.25, 0.3) is 11.4 Å². The largest absolute Gasteiger partial charge is 0.494 e. The minimum absolute atomic E-state index is 0.00148. The molecule has 0 aliphatic heterocycles. The van der Waals surface area contributed by atoms with Crippen LogP contribution in [0.4, 0.5) is 11.4 Å². The third kappa shape index (κ3) is 9.47. The summed E-state index contributed by atoms with van der Waals surface area (Å²) in [6, 6.07) is 18.4. The molecule has 0 N–H and O–H groups in total. The van der Waals surface area contributed by atoms with Crippen LogP contribution in [0.1, 0.15) is 94.6 Å². The number of hydrogen-bond donors (Lipinski definition) is 0. The molecule has 0 bridgehead atoms. The van der Waals surface area contributed by atoms with E-state index in [-0.39, 0.29) is 11.6 Å². The Morgan fingerprint density at radius 3 is 1.05 bits per heavy atom. The number of ketones is 2. The zero-order valence-corrected chi connectivity index (χ0v) is 35.9. The molecule has 0 spiro atoms. The van der Waals surface area contributed by atoms with Gasteiger partial charge in [0.2, 0.25) is 0 Å². The van der Waals surface area contributed by atoms with Crippen molar-refractivity contribution >= 4 is 34.3 Å². The van der Waals surface area contributed by atoms with Crippen molar-refractivity contribution in [2.45, 2.75) is 83.1 Å². The summed E-state index contributed by atoms with van der Waals surface area (Å²) in [6.45, 7) is 24.3. The number of carbonyl (C=O) groups excluding carboxylic acids is 2. The summed E-state index contributed by atoms with van der Waals surface area (Å²) in [4.78, 5) is 28.0. The normalized spacial score (nSPS) is 15.8. The SMILES string of the molecule is COc1ccccc1N=NC(=C1C=C(C(C)(C)C)C(=O)C(C(C)(C)C)=C1)c1ccc(C(N=Nc2ccccc2OC)=C2C=C(C(C)(C)C)C(=O)C(C(C)(C)C)=C2)o1. The van der Waals surface area contributed by atoms with E-state index in [2.05, 4.69) is 10.2 Å². The van der Waals surface area contributed by atoms with Gasteiger partial charge in [-0.15, -0.1) is 20.5 Å². The predicted octanol–water partition coefficient (Wildman–Crippen LogP) is 13.3. The number of para-hydroxylation sites is 2. The zero-order valence-electron chi connectivity index (χ0n) is 35.9. The van der Waals surface area contributed by atoms with E-state index in [4.69, 9.17) is 24.1 Å². The molecule has 0 amide bonds. The molecule has 1 aromatic heterocycles. The van der Waals surface area contributed by atoms with Crippen molar-refractivity contribution in [1.82, 2.24) is 0 Å². The van der Waals surface area contributed by atoms with Crippen LogP contribution in [0.5, 0.6) is 11.5 Å². The van der Waals surface area contributed by atoms with Gasteiger partial charge in [-0.1, -0.05) is 107 Å². The third-order valence-corrected chi connectivity index (χ3v) is 9.72. The summed E-state index contributed by atoms with van der Waals surface area (Å²) in [5.74, 6) is 1.88. The first-order chi connectivity index (χ1) is 26.5. The molecule has 1 heterocycles. The molecule has 298 valence electrons. The van der Waals surface area contributed by atoms with Gasteiger partial charge < -0.3 is 13.9 Å². The van der Waals surface area contributed by atoms with Crippen molar-refractivity contribution in [1.29, 1.82) is 0 Å². The fourth-order valence-corrected chi connectivity index (χ4v) is 6.48. The zero-order chi connectivity index (χ0) is 42.1. The van der Waals surface area contributed by atoms with Gasteiger partial charge in [0.15, 0.2) is 23.1 Å². The second-order valence-electron chi connectivity index (χ2n) is 18.4. The quantitative estimate of drug-likeness (QED) is 0.212. The molecular weight excluding hydrogens is 713 g/mol. The molecule has 2 aliphatic carbocycles. The average molecular weight is 769 g/mol. The topological polar surface area (TPSA) is 115 Å². The molecule has 2 aliphatic rings. The van der Waals surface area contributed by atoms with Crippen LogP contribution in [-0.2, 0) is 9.59 Å². The second-order valence-corrected chi connectivity index (χ2v) is 18.4. The number of ether oxygens (including phenoxy) is 2. The average Bonchev–Trinajstić information content (AvgIpc) is 3.60. The Kier molecular flexibility index (Phi) is 11.9. The van der Waals surface area contributed by atoms with Gasteiger partial charge >= 0.3 is 0 Å². The summed E-state index contributed by atoms with van der Waals surface area (Å²) >= 11 is 0. The van der Waals surface area contributed by atoms with Crippen molar-refractivity contribution < 1.29 is 23.5 Å². The molecule has 57 heavy (non-hydrogen) atoms. The summed E-state index contributed by atoms with van der Waals surface area (Å²) in [7, 11) is 3.17. The Balaban J connectivity index is 1.85. The number of rotatable bonds is 8. The molecule has 9 nitrogen and oxygen atoms in total. The van der Waals surface area contributed by atoms with E-state index in [1.807, 2.05) is 168 Å². The summed E-state index contributed by atoms with van der Waals surface area (Å²) in [6.07, 6.45) is 7.56. The number of benzene rings is 2. The fourth-order valence-electron chi connectivity index (χ4n) is 6.48. The molecule has 5 rings (SSSR count). The first-order valence-electron chi connectivity index (χ1n) is 19.2. The highest BCUT2D eigenvalue weighted by atomic mass is 16.5. The van der Waals surface area contributed by atoms with Gasteiger partial charge in [-0.3, -0.25) is 9.59 Å². The maximum Gasteiger partial charge on any atom is 0.186 e. The minimum Gasteiger partial charge on any atom is -0.494 e. The molecule has 2 aromatic carbocycles. The van der Waals surface area contributed by atoms with Crippen molar-refractivity contribution in [2.75, 3.05) is 14.2 Å². The molecule has 9 heteroatoms. The molecule has 0 radical (unpaired) electrons. The number of methoxy groups -OCH3 is 2. The van der Waals surface area contributed by atoms with E-state index in [1.165, 1.54) is 0 Å². The maximum atomic E-state index is 14.0. The number of hydrogen-bond acceptors (Lipinski definition) is 9. The van der Waals surface area contributed by atoms with Crippen LogP contribution >= 0.6 is 0 Å². The van der Waals surface area contributed by atoms with Crippen LogP contribution in [0.3, 0.4) is 0 Å². The van der Waals surface area contributed by atoms with Crippen molar-refractivity contribution in [2.24, 2.45) is 42.1 Å². The number of nitrogens with zero attached hydrogens (tertiary/aromatic N) is 4. The molecule has 0 atom stereocenters. The van der Waals surface area contributed by atoms with Crippen LogP contribution in [0, 0.1) is 21.7 Å². The molecule has 3 aromatic rings. The lowest BCUT2D eigenvalue weighted by Crippen LogP contribution is -2.28. The Morgan fingerprint density at radius 1 is 0.474 bits per heavy atom. The number of allylic oxidation sites excluding steroid dienone is 10. The van der Waals surface area contributed by atoms with E-state index >= 15 is 0 Å². The fraction of sp³-hybridized carbons (Fsp3) is 0.375. The Bertz CT molecular complexity index is 2090. The lowest BCUT2D eigenvalue weighted by atomic mass is 9.71. The highest BCUT2D eigenvalue weighted by molar-refractivity contribution is 6.13. The van der Waals surface area contributed by atoms with Crippen LogP contribution in [0.15, 0.2) is 143 Å². The standard InChI is InChI=1S/C48H56N4O5/c1-45(2,3)31-25-29(26-32(43(31)53)46(4,5)6)41(51-49-35-19-15-17-21-37(35)55-13)39-23-24-40(57-39)42(52-50-36-20-16-18-22-38(36)56-14)30-27-33(47(7,8)9)44(54)34(28-30)48(10,11)12/h15-28H,1-14H3. The molecule has 0 unspecified atom stereocenters. The predicted molar refractivity (Wildman–Crippen MR) is 228 cm³/mol. The summed E-state index contributed by atoms with van der Waals surface area (Å²) in [5.41, 5.74) is 3.97. The number of carbonyl (C=O) groups is 2. The van der Waals surface area contributed by atoms with Gasteiger partial charge in [0, 0.05) is 33.4 Å². The van der Waals surface area contributed by atoms with Crippen molar-refractivity contribution in [3.05, 3.63) is 130 Å². The Labute approximate surface area is 337 Å². The van der Waals surface area contributed by atoms with E-state index in [9.17, 15) is 9.59 Å². The van der Waals surface area contributed by atoms with Crippen LogP contribution in [0.2, 0.25) is 0 Å². The Morgan fingerprint density at radius 2 is 0.772 bits per heavy atom.